The first-order chi connectivity index (χ1) is 10.1. The van der Waals surface area contributed by atoms with Gasteiger partial charge in [0.15, 0.2) is 0 Å². The van der Waals surface area contributed by atoms with Gasteiger partial charge in [-0.1, -0.05) is 6.07 Å². The van der Waals surface area contributed by atoms with Crippen LogP contribution in [0.25, 0.3) is 0 Å². The lowest BCUT2D eigenvalue weighted by Crippen LogP contribution is -2.20. The molecule has 0 saturated heterocycles. The average molecular weight is 321 g/mol. The second kappa shape index (κ2) is 5.56. The highest BCUT2D eigenvalue weighted by Gasteiger charge is 2.36. The Balaban J connectivity index is 2.39. The molecule has 0 aliphatic rings. The van der Waals surface area contributed by atoms with E-state index < -0.39 is 35.3 Å². The zero-order valence-corrected chi connectivity index (χ0v) is 10.8. The van der Waals surface area contributed by atoms with Gasteiger partial charge >= 0.3 is 12.4 Å². The van der Waals surface area contributed by atoms with E-state index in [0.717, 1.165) is 30.6 Å². The number of nitrogens with zero attached hydrogens (tertiary/aromatic N) is 2. The SMILES string of the molecule is N[C@@H](c1ccc(C(F)(F)F)nc1)c1ncccc1C(F)(F)F. The third-order valence-electron chi connectivity index (χ3n) is 2.87. The Morgan fingerprint density at radius 1 is 0.909 bits per heavy atom. The van der Waals surface area contributed by atoms with Crippen molar-refractivity contribution < 1.29 is 26.3 Å². The summed E-state index contributed by atoms with van der Waals surface area (Å²) >= 11 is 0. The van der Waals surface area contributed by atoms with Gasteiger partial charge in [0, 0.05) is 12.4 Å². The summed E-state index contributed by atoms with van der Waals surface area (Å²) in [6.45, 7) is 0. The largest absolute Gasteiger partial charge is 0.433 e. The fourth-order valence-corrected chi connectivity index (χ4v) is 1.82. The maximum atomic E-state index is 12.9. The number of alkyl halides is 6. The van der Waals surface area contributed by atoms with E-state index in [1.165, 1.54) is 0 Å². The summed E-state index contributed by atoms with van der Waals surface area (Å²) < 4.78 is 75.9. The van der Waals surface area contributed by atoms with Crippen molar-refractivity contribution in [3.05, 3.63) is 59.2 Å². The fraction of sp³-hybridized carbons (Fsp3) is 0.231. The topological polar surface area (TPSA) is 51.8 Å². The highest BCUT2D eigenvalue weighted by molar-refractivity contribution is 5.33. The van der Waals surface area contributed by atoms with Crippen molar-refractivity contribution in [2.45, 2.75) is 18.4 Å². The molecule has 118 valence electrons. The molecule has 0 fully saturated rings. The zero-order valence-electron chi connectivity index (χ0n) is 10.8. The van der Waals surface area contributed by atoms with Crippen LogP contribution >= 0.6 is 0 Å². The molecule has 1 atom stereocenters. The van der Waals surface area contributed by atoms with Crippen molar-refractivity contribution in [2.75, 3.05) is 0 Å². The molecule has 0 unspecified atom stereocenters. The molecule has 2 aromatic rings. The van der Waals surface area contributed by atoms with Gasteiger partial charge in [-0.25, -0.2) is 0 Å². The molecule has 9 heteroatoms. The number of rotatable bonds is 2. The van der Waals surface area contributed by atoms with E-state index in [4.69, 9.17) is 5.73 Å². The van der Waals surface area contributed by atoms with E-state index in [1.54, 1.807) is 0 Å². The summed E-state index contributed by atoms with van der Waals surface area (Å²) in [5.41, 5.74) is 3.02. The third-order valence-corrected chi connectivity index (χ3v) is 2.87. The van der Waals surface area contributed by atoms with Crippen molar-refractivity contribution in [2.24, 2.45) is 5.73 Å². The lowest BCUT2D eigenvalue weighted by atomic mass is 10.0. The van der Waals surface area contributed by atoms with Gasteiger partial charge in [0.2, 0.25) is 0 Å². The first-order valence-corrected chi connectivity index (χ1v) is 5.91. The minimum Gasteiger partial charge on any atom is -0.319 e. The molecule has 0 saturated carbocycles. The minimum atomic E-state index is -4.67. The number of halogens is 6. The van der Waals surface area contributed by atoms with E-state index in [0.29, 0.717) is 6.07 Å². The van der Waals surface area contributed by atoms with Crippen LogP contribution in [0.2, 0.25) is 0 Å². The molecule has 0 bridgehead atoms. The molecule has 0 spiro atoms. The van der Waals surface area contributed by atoms with Crippen LogP contribution in [0.15, 0.2) is 36.7 Å². The summed E-state index contributed by atoms with van der Waals surface area (Å²) in [4.78, 5) is 6.77. The lowest BCUT2D eigenvalue weighted by molar-refractivity contribution is -0.141. The molecule has 3 nitrogen and oxygen atoms in total. The molecule has 2 rings (SSSR count). The number of nitrogens with two attached hydrogens (primary N) is 1. The van der Waals surface area contributed by atoms with Gasteiger partial charge in [0.05, 0.1) is 17.3 Å². The summed E-state index contributed by atoms with van der Waals surface area (Å²) in [5, 5.41) is 0. The zero-order chi connectivity index (χ0) is 16.5. The van der Waals surface area contributed by atoms with Crippen LogP contribution in [0.1, 0.15) is 28.6 Å². The van der Waals surface area contributed by atoms with Crippen molar-refractivity contribution >= 4 is 0 Å². The second-order valence-corrected chi connectivity index (χ2v) is 4.39. The van der Waals surface area contributed by atoms with Crippen LogP contribution < -0.4 is 5.73 Å². The predicted molar refractivity (Wildman–Crippen MR) is 64.5 cm³/mol. The van der Waals surface area contributed by atoms with Crippen LogP contribution in [0.3, 0.4) is 0 Å². The van der Waals surface area contributed by atoms with Gasteiger partial charge in [-0.15, -0.1) is 0 Å². The fourth-order valence-electron chi connectivity index (χ4n) is 1.82. The van der Waals surface area contributed by atoms with Crippen LogP contribution in [0, 0.1) is 0 Å². The Morgan fingerprint density at radius 2 is 1.59 bits per heavy atom. The summed E-state index contributed by atoms with van der Waals surface area (Å²) in [5.74, 6) is 0. The Morgan fingerprint density at radius 3 is 2.09 bits per heavy atom. The monoisotopic (exact) mass is 321 g/mol. The van der Waals surface area contributed by atoms with Gasteiger partial charge < -0.3 is 5.73 Å². The van der Waals surface area contributed by atoms with Crippen LogP contribution in [0.5, 0.6) is 0 Å². The molecule has 2 N–H and O–H groups in total. The average Bonchev–Trinajstić information content (AvgIpc) is 2.45. The van der Waals surface area contributed by atoms with Crippen molar-refractivity contribution in [1.82, 2.24) is 9.97 Å². The Labute approximate surface area is 120 Å². The van der Waals surface area contributed by atoms with E-state index in [1.807, 2.05) is 0 Å². The maximum Gasteiger partial charge on any atom is 0.433 e. The van der Waals surface area contributed by atoms with Crippen LogP contribution in [0.4, 0.5) is 26.3 Å². The third kappa shape index (κ3) is 3.35. The minimum absolute atomic E-state index is 0.00259. The molecule has 2 aromatic heterocycles. The van der Waals surface area contributed by atoms with Gasteiger partial charge in [-0.2, -0.15) is 26.3 Å². The summed E-state index contributed by atoms with van der Waals surface area (Å²) in [6.07, 6.45) is -7.38. The van der Waals surface area contributed by atoms with E-state index in [-0.39, 0.29) is 5.56 Å². The summed E-state index contributed by atoms with van der Waals surface area (Å²) in [7, 11) is 0. The van der Waals surface area contributed by atoms with Crippen LogP contribution in [-0.4, -0.2) is 9.97 Å². The Kier molecular flexibility index (Phi) is 4.10. The number of hydrogen-bond donors (Lipinski definition) is 1. The first-order valence-electron chi connectivity index (χ1n) is 5.91. The molecule has 0 aliphatic heterocycles. The van der Waals surface area contributed by atoms with Gasteiger partial charge in [-0.3, -0.25) is 9.97 Å². The number of hydrogen-bond acceptors (Lipinski definition) is 3. The van der Waals surface area contributed by atoms with Gasteiger partial charge in [0.1, 0.15) is 5.69 Å². The predicted octanol–water partition coefficient (Wildman–Crippen LogP) is 3.56. The van der Waals surface area contributed by atoms with Gasteiger partial charge in [-0.05, 0) is 23.8 Å². The molecule has 2 heterocycles. The van der Waals surface area contributed by atoms with E-state index in [9.17, 15) is 26.3 Å². The smallest absolute Gasteiger partial charge is 0.319 e. The Hall–Kier alpha value is -2.16. The van der Waals surface area contributed by atoms with Crippen LogP contribution in [-0.2, 0) is 12.4 Å². The molecule has 0 amide bonds. The molecule has 0 radical (unpaired) electrons. The van der Waals surface area contributed by atoms with Crippen molar-refractivity contribution in [1.29, 1.82) is 0 Å². The highest BCUT2D eigenvalue weighted by Crippen LogP contribution is 2.35. The normalized spacial score (nSPS) is 14.0. The molecular formula is C13H9F6N3. The molecule has 0 aromatic carbocycles. The summed E-state index contributed by atoms with van der Waals surface area (Å²) in [6, 6.07) is 2.21. The Bertz CT molecular complexity index is 648. The van der Waals surface area contributed by atoms with Crippen molar-refractivity contribution in [3.63, 3.8) is 0 Å². The van der Waals surface area contributed by atoms with Crippen molar-refractivity contribution in [3.8, 4) is 0 Å². The molecular weight excluding hydrogens is 312 g/mol. The highest BCUT2D eigenvalue weighted by atomic mass is 19.4. The maximum absolute atomic E-state index is 12.9. The first kappa shape index (κ1) is 16.2. The molecule has 0 aliphatic carbocycles. The van der Waals surface area contributed by atoms with E-state index in [2.05, 4.69) is 9.97 Å². The second-order valence-electron chi connectivity index (χ2n) is 4.39. The number of pyridine rings is 2. The van der Waals surface area contributed by atoms with Gasteiger partial charge in [0.25, 0.3) is 0 Å². The molecule has 22 heavy (non-hydrogen) atoms. The van der Waals surface area contributed by atoms with E-state index >= 15 is 0 Å². The number of aromatic nitrogens is 2. The lowest BCUT2D eigenvalue weighted by Gasteiger charge is -2.17. The quantitative estimate of drug-likeness (QED) is 0.861. The standard InChI is InChI=1S/C13H9F6N3/c14-12(15,16)8-2-1-5-21-11(8)10(20)7-3-4-9(22-6-7)13(17,18)19/h1-6,10H,20H2/t10-/m0/s1.